The molecular weight excluding hydrogens is 686 g/mol. The molecule has 276 valence electrons. The fourth-order valence-electron chi connectivity index (χ4n) is 8.50. The zero-order valence-electron chi connectivity index (χ0n) is 29.8. The van der Waals surface area contributed by atoms with E-state index in [4.69, 9.17) is 23.7 Å². The molecule has 3 amide bonds. The third-order valence-electron chi connectivity index (χ3n) is 11.1. The van der Waals surface area contributed by atoms with Crippen molar-refractivity contribution in [3.8, 4) is 5.75 Å². The van der Waals surface area contributed by atoms with Crippen molar-refractivity contribution in [2.24, 2.45) is 17.3 Å². The largest absolute Gasteiger partial charge is 0.497 e. The van der Waals surface area contributed by atoms with E-state index >= 15 is 0 Å². The Labute approximate surface area is 305 Å². The van der Waals surface area contributed by atoms with Gasteiger partial charge in [0.2, 0.25) is 11.8 Å². The number of carbonyl (C=O) groups excluding carboxylic acids is 6. The van der Waals surface area contributed by atoms with E-state index in [1.165, 1.54) is 40.3 Å². The Kier molecular flexibility index (Phi) is 9.07. The molecule has 53 heavy (non-hydrogen) atoms. The third-order valence-corrected chi connectivity index (χ3v) is 11.1. The van der Waals surface area contributed by atoms with E-state index in [0.717, 1.165) is 10.5 Å². The van der Waals surface area contributed by atoms with Crippen molar-refractivity contribution in [1.29, 1.82) is 0 Å². The van der Waals surface area contributed by atoms with Gasteiger partial charge in [-0.25, -0.2) is 4.90 Å². The monoisotopic (exact) mass is 725 g/mol. The number of esters is 3. The van der Waals surface area contributed by atoms with Gasteiger partial charge in [-0.1, -0.05) is 36.4 Å². The third kappa shape index (κ3) is 5.46. The van der Waals surface area contributed by atoms with Crippen molar-refractivity contribution in [2.75, 3.05) is 38.2 Å². The molecule has 3 aliphatic heterocycles. The van der Waals surface area contributed by atoms with E-state index in [2.05, 4.69) is 5.32 Å². The fraction of sp³-hybridized carbons (Fsp3) is 0.385. The Morgan fingerprint density at radius 2 is 1.38 bits per heavy atom. The average molecular weight is 726 g/mol. The van der Waals surface area contributed by atoms with Crippen LogP contribution in [-0.4, -0.2) is 87.8 Å². The first-order chi connectivity index (χ1) is 25.4. The number of anilines is 2. The summed E-state index contributed by atoms with van der Waals surface area (Å²) in [6.07, 6.45) is -1.08. The smallest absolute Gasteiger partial charge is 0.326 e. The second-order valence-electron chi connectivity index (χ2n) is 13.9. The number of carbonyl (C=O) groups is 6. The Morgan fingerprint density at radius 3 is 2.00 bits per heavy atom. The highest BCUT2D eigenvalue weighted by molar-refractivity contribution is 6.24. The van der Waals surface area contributed by atoms with Crippen LogP contribution in [0.4, 0.5) is 11.4 Å². The number of nitrogens with zero attached hydrogens (tertiary/aromatic N) is 2. The molecule has 6 atom stereocenters. The minimum Gasteiger partial charge on any atom is -0.497 e. The van der Waals surface area contributed by atoms with Crippen molar-refractivity contribution < 1.29 is 52.5 Å². The Balaban J connectivity index is 1.27. The van der Waals surface area contributed by atoms with Gasteiger partial charge in [-0.3, -0.25) is 34.1 Å². The molecule has 0 aromatic heterocycles. The summed E-state index contributed by atoms with van der Waals surface area (Å²) in [4.78, 5) is 85.0. The van der Waals surface area contributed by atoms with Crippen molar-refractivity contribution in [1.82, 2.24) is 5.32 Å². The van der Waals surface area contributed by atoms with Crippen LogP contribution in [0.1, 0.15) is 23.6 Å². The molecule has 3 saturated heterocycles. The number of fused-ring (bicyclic) bond motifs is 2. The Bertz CT molecular complexity index is 1980. The molecule has 3 aromatic carbocycles. The van der Waals surface area contributed by atoms with Gasteiger partial charge in [0.1, 0.15) is 11.3 Å². The summed E-state index contributed by atoms with van der Waals surface area (Å²) in [5.74, 6) is -5.61. The molecule has 0 unspecified atom stereocenters. The lowest BCUT2D eigenvalue weighted by atomic mass is 9.77. The Morgan fingerprint density at radius 1 is 0.755 bits per heavy atom. The molecule has 0 radical (unpaired) electrons. The lowest BCUT2D eigenvalue weighted by Gasteiger charge is -2.50. The number of hydrogen-bond acceptors (Lipinski definition) is 12. The van der Waals surface area contributed by atoms with E-state index in [1.807, 2.05) is 30.3 Å². The highest BCUT2D eigenvalue weighted by Gasteiger charge is 2.71. The minimum absolute atomic E-state index is 0.0166. The summed E-state index contributed by atoms with van der Waals surface area (Å²) in [6.45, 7) is 1.62. The standard InChI is InChI=1S/C39H39N3O11/c1-38(35(46)50-3)28-27(32(43)42(33(28)44)25-12-11-22-18-39(36(47)51-4,37(48)52-5)19-23(22)17-25)29(40-38)30-31(53-20-21-9-7-6-8-10-21)34(45)41(30)24-13-15-26(49-2)16-14-24/h6-17,27-31,40H,18-20H2,1-5H3/t27-,28-,29+,30+,31-,38-/m1/s1. The molecule has 1 aliphatic carbocycles. The summed E-state index contributed by atoms with van der Waals surface area (Å²) < 4.78 is 26.7. The molecule has 14 nitrogen and oxygen atoms in total. The second kappa shape index (κ2) is 13.4. The number of amides is 3. The molecular formula is C39H39N3O11. The Hall–Kier alpha value is -5.60. The summed E-state index contributed by atoms with van der Waals surface area (Å²) in [5, 5.41) is 3.27. The molecule has 0 saturated carbocycles. The van der Waals surface area contributed by atoms with Crippen LogP contribution in [0.3, 0.4) is 0 Å². The van der Waals surface area contributed by atoms with Crippen LogP contribution in [0.25, 0.3) is 0 Å². The number of imide groups is 1. The summed E-state index contributed by atoms with van der Waals surface area (Å²) in [5.41, 5.74) is -0.515. The zero-order valence-corrected chi connectivity index (χ0v) is 29.8. The van der Waals surface area contributed by atoms with Crippen LogP contribution in [0.2, 0.25) is 0 Å². The molecule has 1 N–H and O–H groups in total. The van der Waals surface area contributed by atoms with Crippen molar-refractivity contribution in [3.05, 3.63) is 89.5 Å². The minimum atomic E-state index is -1.67. The molecule has 0 bridgehead atoms. The zero-order chi connectivity index (χ0) is 37.8. The summed E-state index contributed by atoms with van der Waals surface area (Å²) in [6, 6.07) is 19.2. The lowest BCUT2D eigenvalue weighted by molar-refractivity contribution is -0.168. The van der Waals surface area contributed by atoms with Crippen LogP contribution in [0.5, 0.6) is 5.75 Å². The number of benzene rings is 3. The van der Waals surface area contributed by atoms with Gasteiger partial charge in [0.05, 0.1) is 58.6 Å². The van der Waals surface area contributed by atoms with Gasteiger partial charge < -0.3 is 28.6 Å². The number of ether oxygens (including phenoxy) is 5. The maximum Gasteiger partial charge on any atom is 0.326 e. The van der Waals surface area contributed by atoms with Gasteiger partial charge in [0.15, 0.2) is 11.5 Å². The molecule has 3 aromatic rings. The number of β-lactam (4-membered cyclic amide) rings is 1. The average Bonchev–Trinajstić information content (AvgIpc) is 3.81. The van der Waals surface area contributed by atoms with Gasteiger partial charge in [0, 0.05) is 11.7 Å². The predicted octanol–water partition coefficient (Wildman–Crippen LogP) is 2.14. The first-order valence-corrected chi connectivity index (χ1v) is 17.1. The van der Waals surface area contributed by atoms with Gasteiger partial charge in [0.25, 0.3) is 5.91 Å². The molecule has 0 spiro atoms. The SMILES string of the molecule is COC(=O)C1(C(=O)OC)Cc2ccc(N3C(=O)[C@H]4[C@@H]([C@H]5[C@@H](OCc6ccccc6)C(=O)N5c5ccc(OC)cc5)N[C@@](C)(C(=O)OC)[C@H]4C3=O)cc2C1. The fourth-order valence-corrected chi connectivity index (χ4v) is 8.50. The first-order valence-electron chi connectivity index (χ1n) is 17.1. The molecule has 7 rings (SSSR count). The second-order valence-corrected chi connectivity index (χ2v) is 13.9. The molecule has 3 fully saturated rings. The van der Waals surface area contributed by atoms with Gasteiger partial charge >= 0.3 is 17.9 Å². The first kappa shape index (κ1) is 35.8. The van der Waals surface area contributed by atoms with Gasteiger partial charge in [-0.05, 0) is 72.9 Å². The highest BCUT2D eigenvalue weighted by atomic mass is 16.5. The van der Waals surface area contributed by atoms with Crippen LogP contribution < -0.4 is 19.9 Å². The van der Waals surface area contributed by atoms with Gasteiger partial charge in [-0.15, -0.1) is 0 Å². The predicted molar refractivity (Wildman–Crippen MR) is 186 cm³/mol. The van der Waals surface area contributed by atoms with Gasteiger partial charge in [-0.2, -0.15) is 0 Å². The summed E-state index contributed by atoms with van der Waals surface area (Å²) in [7, 11) is 5.11. The van der Waals surface area contributed by atoms with Crippen LogP contribution in [0, 0.1) is 17.3 Å². The maximum atomic E-state index is 14.7. The molecule has 14 heteroatoms. The lowest BCUT2D eigenvalue weighted by Crippen LogP contribution is -2.74. The van der Waals surface area contributed by atoms with E-state index in [1.54, 1.807) is 42.5 Å². The number of nitrogens with one attached hydrogen (secondary N) is 1. The maximum absolute atomic E-state index is 14.7. The van der Waals surface area contributed by atoms with Crippen LogP contribution in [0.15, 0.2) is 72.8 Å². The van der Waals surface area contributed by atoms with Crippen molar-refractivity contribution in [3.63, 3.8) is 0 Å². The normalized spacial score (nSPS) is 26.8. The van der Waals surface area contributed by atoms with Crippen molar-refractivity contribution in [2.45, 2.75) is 50.1 Å². The quantitative estimate of drug-likeness (QED) is 0.107. The van der Waals surface area contributed by atoms with Crippen LogP contribution in [-0.2, 0) is 67.2 Å². The van der Waals surface area contributed by atoms with E-state index in [0.29, 0.717) is 22.6 Å². The van der Waals surface area contributed by atoms with Crippen LogP contribution >= 0.6 is 0 Å². The number of rotatable bonds is 10. The molecule has 3 heterocycles. The number of methoxy groups -OCH3 is 4. The topological polar surface area (TPSA) is 167 Å². The highest BCUT2D eigenvalue weighted by Crippen LogP contribution is 2.50. The summed E-state index contributed by atoms with van der Waals surface area (Å²) >= 11 is 0. The van der Waals surface area contributed by atoms with E-state index < -0.39 is 70.7 Å². The van der Waals surface area contributed by atoms with Crippen molar-refractivity contribution >= 4 is 47.0 Å². The number of hydrogen-bond donors (Lipinski definition) is 1. The van der Waals surface area contributed by atoms with E-state index in [-0.39, 0.29) is 31.0 Å². The molecule has 4 aliphatic rings. The van der Waals surface area contributed by atoms with E-state index in [9.17, 15) is 28.8 Å².